The zero-order chi connectivity index (χ0) is 19.3. The molecule has 0 bridgehead atoms. The van der Waals surface area contributed by atoms with Crippen LogP contribution in [0.15, 0.2) is 24.8 Å². The lowest BCUT2D eigenvalue weighted by atomic mass is 10.3. The summed E-state index contributed by atoms with van der Waals surface area (Å²) in [5, 5.41) is 15.0. The SMILES string of the molecule is C1COCCN1.O=C(Cl)c1cn[nH]c1.O=C(c1cn[nH]c1)N1CCOCC1. The van der Waals surface area contributed by atoms with Gasteiger partial charge in [0.05, 0.1) is 49.9 Å². The summed E-state index contributed by atoms with van der Waals surface area (Å²) in [7, 11) is 0. The van der Waals surface area contributed by atoms with Crippen molar-refractivity contribution in [2.45, 2.75) is 0 Å². The average Bonchev–Trinajstić information content (AvgIpc) is 3.45. The van der Waals surface area contributed by atoms with Crippen LogP contribution in [0.5, 0.6) is 0 Å². The number of aromatic nitrogens is 4. The predicted octanol–water partition coefficient (Wildman–Crippen LogP) is 0.277. The van der Waals surface area contributed by atoms with E-state index in [4.69, 9.17) is 21.1 Å². The van der Waals surface area contributed by atoms with Gasteiger partial charge in [0.1, 0.15) is 0 Å². The van der Waals surface area contributed by atoms with Gasteiger partial charge in [0.2, 0.25) is 0 Å². The normalized spacial score (nSPS) is 16.4. The van der Waals surface area contributed by atoms with Crippen LogP contribution in [0.1, 0.15) is 20.7 Å². The molecule has 0 atom stereocenters. The maximum Gasteiger partial charge on any atom is 0.257 e. The van der Waals surface area contributed by atoms with Gasteiger partial charge in [-0.05, 0) is 11.6 Å². The van der Waals surface area contributed by atoms with Gasteiger partial charge in [-0.3, -0.25) is 19.8 Å². The highest BCUT2D eigenvalue weighted by Gasteiger charge is 2.18. The third kappa shape index (κ3) is 7.87. The minimum Gasteiger partial charge on any atom is -0.379 e. The minimum absolute atomic E-state index is 0.0250. The number of hydrogen-bond donors (Lipinski definition) is 3. The van der Waals surface area contributed by atoms with Crippen molar-refractivity contribution in [2.75, 3.05) is 52.6 Å². The van der Waals surface area contributed by atoms with Crippen molar-refractivity contribution in [1.29, 1.82) is 0 Å². The summed E-state index contributed by atoms with van der Waals surface area (Å²) in [6.45, 7) is 6.43. The summed E-state index contributed by atoms with van der Waals surface area (Å²) >= 11 is 5.05. The Balaban J connectivity index is 0.000000159. The summed E-state index contributed by atoms with van der Waals surface area (Å²) < 4.78 is 10.2. The molecule has 0 radical (unpaired) electrons. The third-order valence-electron chi connectivity index (χ3n) is 3.62. The van der Waals surface area contributed by atoms with Gasteiger partial charge in [-0.25, -0.2) is 0 Å². The fourth-order valence-electron chi connectivity index (χ4n) is 2.19. The second-order valence-electron chi connectivity index (χ2n) is 5.51. The summed E-state index contributed by atoms with van der Waals surface area (Å²) in [5.41, 5.74) is 1.01. The lowest BCUT2D eigenvalue weighted by molar-refractivity contribution is 0.0303. The molecule has 2 fully saturated rings. The largest absolute Gasteiger partial charge is 0.379 e. The quantitative estimate of drug-likeness (QED) is 0.620. The summed E-state index contributed by atoms with van der Waals surface area (Å²) in [6, 6.07) is 0. The zero-order valence-electron chi connectivity index (χ0n) is 14.8. The van der Waals surface area contributed by atoms with Crippen molar-refractivity contribution in [1.82, 2.24) is 30.6 Å². The molecular formula is C16H23ClN6O4. The smallest absolute Gasteiger partial charge is 0.257 e. The van der Waals surface area contributed by atoms with E-state index in [-0.39, 0.29) is 5.91 Å². The fourth-order valence-corrected chi connectivity index (χ4v) is 2.29. The third-order valence-corrected chi connectivity index (χ3v) is 3.83. The molecule has 148 valence electrons. The number of nitrogens with one attached hydrogen (secondary N) is 3. The van der Waals surface area contributed by atoms with E-state index >= 15 is 0 Å². The van der Waals surface area contributed by atoms with E-state index in [1.807, 2.05) is 0 Å². The minimum atomic E-state index is -0.487. The van der Waals surface area contributed by atoms with Crippen LogP contribution >= 0.6 is 11.6 Å². The van der Waals surface area contributed by atoms with Gasteiger partial charge in [-0.2, -0.15) is 10.2 Å². The van der Waals surface area contributed by atoms with E-state index < -0.39 is 5.24 Å². The number of halogens is 1. The van der Waals surface area contributed by atoms with Crippen molar-refractivity contribution in [3.05, 3.63) is 35.9 Å². The number of carbonyl (C=O) groups excluding carboxylic acids is 2. The average molecular weight is 399 g/mol. The molecule has 10 nitrogen and oxygen atoms in total. The van der Waals surface area contributed by atoms with E-state index in [1.54, 1.807) is 11.1 Å². The Morgan fingerprint density at radius 3 is 1.85 bits per heavy atom. The molecule has 0 spiro atoms. The highest BCUT2D eigenvalue weighted by atomic mass is 35.5. The first-order chi connectivity index (χ1) is 13.2. The van der Waals surface area contributed by atoms with E-state index in [1.165, 1.54) is 18.6 Å². The molecule has 11 heteroatoms. The number of amides is 1. The number of aromatic amines is 2. The van der Waals surface area contributed by atoms with Crippen LogP contribution in [0.2, 0.25) is 0 Å². The molecule has 0 saturated carbocycles. The lowest BCUT2D eigenvalue weighted by Crippen LogP contribution is -2.40. The van der Waals surface area contributed by atoms with Crippen LogP contribution in [0.4, 0.5) is 0 Å². The number of rotatable bonds is 2. The van der Waals surface area contributed by atoms with E-state index in [0.717, 1.165) is 26.3 Å². The number of nitrogens with zero attached hydrogens (tertiary/aromatic N) is 3. The summed E-state index contributed by atoms with van der Waals surface area (Å²) in [4.78, 5) is 23.7. The van der Waals surface area contributed by atoms with Crippen molar-refractivity contribution in [2.24, 2.45) is 0 Å². The Labute approximate surface area is 161 Å². The molecule has 4 heterocycles. The predicted molar refractivity (Wildman–Crippen MR) is 97.8 cm³/mol. The van der Waals surface area contributed by atoms with Gasteiger partial charge < -0.3 is 19.7 Å². The number of H-pyrrole nitrogens is 2. The van der Waals surface area contributed by atoms with Gasteiger partial charge >= 0.3 is 0 Å². The lowest BCUT2D eigenvalue weighted by Gasteiger charge is -2.26. The van der Waals surface area contributed by atoms with Crippen LogP contribution in [0.3, 0.4) is 0 Å². The van der Waals surface area contributed by atoms with Crippen LogP contribution in [0.25, 0.3) is 0 Å². The molecule has 2 saturated heterocycles. The van der Waals surface area contributed by atoms with Crippen LogP contribution in [0, 0.1) is 0 Å². The molecule has 2 aliphatic heterocycles. The molecule has 4 rings (SSSR count). The van der Waals surface area contributed by atoms with Gasteiger partial charge in [-0.1, -0.05) is 0 Å². The van der Waals surface area contributed by atoms with Crippen LogP contribution in [-0.4, -0.2) is 89.1 Å². The fraction of sp³-hybridized carbons (Fsp3) is 0.500. The Morgan fingerprint density at radius 2 is 1.48 bits per heavy atom. The molecular weight excluding hydrogens is 376 g/mol. The molecule has 0 unspecified atom stereocenters. The van der Waals surface area contributed by atoms with Crippen molar-refractivity contribution < 1.29 is 19.1 Å². The number of ether oxygens (including phenoxy) is 2. The molecule has 1 amide bonds. The van der Waals surface area contributed by atoms with Crippen molar-refractivity contribution in [3.63, 3.8) is 0 Å². The highest BCUT2D eigenvalue weighted by molar-refractivity contribution is 6.67. The second-order valence-corrected chi connectivity index (χ2v) is 5.86. The van der Waals surface area contributed by atoms with Crippen molar-refractivity contribution in [3.8, 4) is 0 Å². The van der Waals surface area contributed by atoms with Gasteiger partial charge in [-0.15, -0.1) is 0 Å². The molecule has 2 aliphatic rings. The van der Waals surface area contributed by atoms with Crippen LogP contribution in [-0.2, 0) is 9.47 Å². The molecule has 2 aromatic rings. The number of hydrogen-bond acceptors (Lipinski definition) is 7. The molecule has 0 aromatic carbocycles. The zero-order valence-corrected chi connectivity index (χ0v) is 15.6. The monoisotopic (exact) mass is 398 g/mol. The first-order valence-electron chi connectivity index (χ1n) is 8.51. The van der Waals surface area contributed by atoms with E-state index in [9.17, 15) is 9.59 Å². The number of morpholine rings is 2. The van der Waals surface area contributed by atoms with Crippen molar-refractivity contribution >= 4 is 22.8 Å². The Kier molecular flexibility index (Phi) is 9.49. The van der Waals surface area contributed by atoms with Crippen LogP contribution < -0.4 is 5.32 Å². The highest BCUT2D eigenvalue weighted by Crippen LogP contribution is 2.04. The first-order valence-corrected chi connectivity index (χ1v) is 8.89. The Morgan fingerprint density at radius 1 is 0.926 bits per heavy atom. The topological polar surface area (TPSA) is 125 Å². The summed E-state index contributed by atoms with van der Waals surface area (Å²) in [6.07, 6.45) is 5.96. The van der Waals surface area contributed by atoms with Gasteiger partial charge in [0, 0.05) is 38.6 Å². The molecule has 3 N–H and O–H groups in total. The molecule has 27 heavy (non-hydrogen) atoms. The first kappa shape index (κ1) is 21.0. The molecule has 2 aromatic heterocycles. The Bertz CT molecular complexity index is 643. The number of carbonyl (C=O) groups is 2. The maximum atomic E-state index is 11.7. The van der Waals surface area contributed by atoms with E-state index in [2.05, 4.69) is 25.7 Å². The standard InChI is InChI=1S/C8H11N3O2.C4H3ClN2O.C4H9NO/c12-8(7-5-9-10-6-7)11-1-3-13-4-2-11;5-4(8)3-1-6-7-2-3;1-3-6-4-2-5-1/h5-6H,1-4H2,(H,9,10);1-2H,(H,6,7);5H,1-4H2. The summed E-state index contributed by atoms with van der Waals surface area (Å²) in [5.74, 6) is 0.0250. The van der Waals surface area contributed by atoms with E-state index in [0.29, 0.717) is 37.4 Å². The Hall–Kier alpha value is -2.27. The van der Waals surface area contributed by atoms with Gasteiger partial charge in [0.15, 0.2) is 0 Å². The van der Waals surface area contributed by atoms with Gasteiger partial charge in [0.25, 0.3) is 11.1 Å². The molecule has 0 aliphatic carbocycles. The maximum absolute atomic E-state index is 11.7. The second kappa shape index (κ2) is 12.2.